The molecule has 1 atom stereocenters. The third-order valence-electron chi connectivity index (χ3n) is 1.72. The van der Waals surface area contributed by atoms with E-state index in [1.54, 1.807) is 0 Å². The Bertz CT molecular complexity index is 334. The summed E-state index contributed by atoms with van der Waals surface area (Å²) in [5.41, 5.74) is 0.513. The average molecular weight is 202 g/mol. The fourth-order valence-electron chi connectivity index (χ4n) is 0.910. The number of rotatable bonds is 2. The Morgan fingerprint density at radius 2 is 1.92 bits per heavy atom. The second-order valence-electron chi connectivity index (χ2n) is 2.67. The Balaban J connectivity index is 3.03. The van der Waals surface area contributed by atoms with E-state index in [9.17, 15) is 8.78 Å². The van der Waals surface area contributed by atoms with Crippen molar-refractivity contribution in [2.45, 2.75) is 5.92 Å². The van der Waals surface area contributed by atoms with Gasteiger partial charge in [0.25, 0.3) is 0 Å². The van der Waals surface area contributed by atoms with Gasteiger partial charge in [-0.05, 0) is 24.6 Å². The molecule has 0 N–H and O–H groups in total. The molecule has 3 heteroatoms. The Hall–Kier alpha value is -0.890. The van der Waals surface area contributed by atoms with Gasteiger partial charge in [0.15, 0.2) is 11.6 Å². The van der Waals surface area contributed by atoms with Crippen LogP contribution in [0.2, 0.25) is 0 Å². The summed E-state index contributed by atoms with van der Waals surface area (Å²) in [5, 5.41) is 0.297. The molecule has 1 aromatic carbocycles. The van der Waals surface area contributed by atoms with Gasteiger partial charge in [-0.2, -0.15) is 0 Å². The zero-order chi connectivity index (χ0) is 10.0. The molecular formula is C10H8ClF2. The zero-order valence-corrected chi connectivity index (χ0v) is 7.61. The highest BCUT2D eigenvalue weighted by Crippen LogP contribution is 2.25. The Morgan fingerprint density at radius 3 is 2.38 bits per heavy atom. The molecule has 0 bridgehead atoms. The lowest BCUT2D eigenvalue weighted by atomic mass is 10.0. The van der Waals surface area contributed by atoms with Crippen LogP contribution in [0.15, 0.2) is 29.8 Å². The van der Waals surface area contributed by atoms with Crippen LogP contribution in [0.4, 0.5) is 8.78 Å². The van der Waals surface area contributed by atoms with Gasteiger partial charge < -0.3 is 0 Å². The molecule has 0 saturated carbocycles. The highest BCUT2D eigenvalue weighted by molar-refractivity contribution is 6.30. The number of hydrogen-bond acceptors (Lipinski definition) is 0. The van der Waals surface area contributed by atoms with E-state index in [-0.39, 0.29) is 0 Å². The summed E-state index contributed by atoms with van der Waals surface area (Å²) < 4.78 is 25.2. The fraction of sp³-hybridized carbons (Fsp3) is 0.100. The fourth-order valence-corrected chi connectivity index (χ4v) is 1.04. The van der Waals surface area contributed by atoms with Gasteiger partial charge in [0.1, 0.15) is 0 Å². The first-order valence-corrected chi connectivity index (χ1v) is 4.02. The first-order valence-electron chi connectivity index (χ1n) is 3.64. The predicted molar refractivity (Wildman–Crippen MR) is 49.4 cm³/mol. The maximum absolute atomic E-state index is 12.7. The van der Waals surface area contributed by atoms with Crippen molar-refractivity contribution in [3.05, 3.63) is 53.9 Å². The second kappa shape index (κ2) is 3.88. The van der Waals surface area contributed by atoms with E-state index in [1.807, 2.05) is 0 Å². The Kier molecular flexibility index (Phi) is 3.04. The topological polar surface area (TPSA) is 0 Å². The summed E-state index contributed by atoms with van der Waals surface area (Å²) in [6.07, 6.45) is 0. The summed E-state index contributed by atoms with van der Waals surface area (Å²) >= 11 is 5.58. The van der Waals surface area contributed by atoms with Crippen LogP contribution in [0, 0.1) is 18.6 Å². The molecule has 0 saturated heterocycles. The van der Waals surface area contributed by atoms with E-state index in [4.69, 9.17) is 11.6 Å². The molecular weight excluding hydrogens is 194 g/mol. The van der Waals surface area contributed by atoms with Crippen LogP contribution in [-0.4, -0.2) is 0 Å². The van der Waals surface area contributed by atoms with Gasteiger partial charge in [-0.1, -0.05) is 24.2 Å². The van der Waals surface area contributed by atoms with Crippen molar-refractivity contribution in [1.82, 2.24) is 0 Å². The number of benzene rings is 1. The maximum Gasteiger partial charge on any atom is 0.159 e. The normalized spacial score (nSPS) is 12.6. The molecule has 0 spiro atoms. The Labute approximate surface area is 80.8 Å². The van der Waals surface area contributed by atoms with Crippen molar-refractivity contribution in [2.24, 2.45) is 0 Å². The zero-order valence-electron chi connectivity index (χ0n) is 6.86. The van der Waals surface area contributed by atoms with Gasteiger partial charge in [0, 0.05) is 11.0 Å². The monoisotopic (exact) mass is 201 g/mol. The largest absolute Gasteiger partial charge is 0.204 e. The van der Waals surface area contributed by atoms with Gasteiger partial charge in [-0.3, -0.25) is 0 Å². The molecule has 0 fully saturated rings. The smallest absolute Gasteiger partial charge is 0.159 e. The number of halogens is 3. The standard InChI is InChI=1S/C10H8ClF2/c1-6(7(2)11)8-3-4-9(12)10(13)5-8/h3-6H,1-2H2. The van der Waals surface area contributed by atoms with Crippen molar-refractivity contribution in [3.63, 3.8) is 0 Å². The van der Waals surface area contributed by atoms with Crippen LogP contribution in [0.3, 0.4) is 0 Å². The van der Waals surface area contributed by atoms with E-state index in [2.05, 4.69) is 13.5 Å². The van der Waals surface area contributed by atoms with Gasteiger partial charge in [0.05, 0.1) is 0 Å². The maximum atomic E-state index is 12.7. The lowest BCUT2D eigenvalue weighted by Gasteiger charge is -2.09. The molecule has 0 aliphatic rings. The minimum Gasteiger partial charge on any atom is -0.204 e. The quantitative estimate of drug-likeness (QED) is 0.686. The first kappa shape index (κ1) is 10.2. The predicted octanol–water partition coefficient (Wildman–Crippen LogP) is 3.63. The van der Waals surface area contributed by atoms with Crippen molar-refractivity contribution < 1.29 is 8.78 Å². The molecule has 1 radical (unpaired) electrons. The van der Waals surface area contributed by atoms with Crippen molar-refractivity contribution in [2.75, 3.05) is 0 Å². The lowest BCUT2D eigenvalue weighted by molar-refractivity contribution is 0.507. The van der Waals surface area contributed by atoms with E-state index in [0.29, 0.717) is 10.6 Å². The molecule has 0 nitrogen and oxygen atoms in total. The van der Waals surface area contributed by atoms with Crippen LogP contribution < -0.4 is 0 Å². The molecule has 69 valence electrons. The summed E-state index contributed by atoms with van der Waals surface area (Å²) in [4.78, 5) is 0. The summed E-state index contributed by atoms with van der Waals surface area (Å²) in [7, 11) is 0. The van der Waals surface area contributed by atoms with E-state index in [0.717, 1.165) is 12.1 Å². The van der Waals surface area contributed by atoms with Crippen LogP contribution in [-0.2, 0) is 0 Å². The lowest BCUT2D eigenvalue weighted by Crippen LogP contribution is -1.95. The summed E-state index contributed by atoms with van der Waals surface area (Å²) in [6.45, 7) is 7.13. The molecule has 1 aromatic rings. The van der Waals surface area contributed by atoms with Crippen LogP contribution in [0.1, 0.15) is 11.5 Å². The highest BCUT2D eigenvalue weighted by Gasteiger charge is 2.10. The molecule has 1 unspecified atom stereocenters. The van der Waals surface area contributed by atoms with Gasteiger partial charge in [-0.25, -0.2) is 8.78 Å². The van der Waals surface area contributed by atoms with Crippen molar-refractivity contribution in [3.8, 4) is 0 Å². The third-order valence-corrected chi connectivity index (χ3v) is 1.99. The van der Waals surface area contributed by atoms with Crippen LogP contribution in [0.5, 0.6) is 0 Å². The SMILES string of the molecule is [CH2]C(C(=C)Cl)c1ccc(F)c(F)c1. The minimum atomic E-state index is -0.899. The van der Waals surface area contributed by atoms with Crippen LogP contribution >= 0.6 is 11.6 Å². The second-order valence-corrected chi connectivity index (χ2v) is 3.16. The first-order chi connectivity index (χ1) is 6.02. The molecule has 0 aromatic heterocycles. The van der Waals surface area contributed by atoms with Gasteiger partial charge in [-0.15, -0.1) is 0 Å². The molecule has 0 aliphatic heterocycles. The van der Waals surface area contributed by atoms with Gasteiger partial charge in [0.2, 0.25) is 0 Å². The van der Waals surface area contributed by atoms with E-state index in [1.165, 1.54) is 6.07 Å². The van der Waals surface area contributed by atoms with Crippen molar-refractivity contribution >= 4 is 11.6 Å². The number of allylic oxidation sites excluding steroid dienone is 1. The molecule has 1 rings (SSSR count). The average Bonchev–Trinajstić information content (AvgIpc) is 2.08. The molecule has 0 aliphatic carbocycles. The Morgan fingerprint density at radius 1 is 1.31 bits per heavy atom. The summed E-state index contributed by atoms with van der Waals surface area (Å²) in [5.74, 6) is -2.20. The highest BCUT2D eigenvalue weighted by atomic mass is 35.5. The summed E-state index contributed by atoms with van der Waals surface area (Å²) in [6, 6.07) is 3.55. The molecule has 13 heavy (non-hydrogen) atoms. The van der Waals surface area contributed by atoms with Crippen molar-refractivity contribution in [1.29, 1.82) is 0 Å². The van der Waals surface area contributed by atoms with E-state index < -0.39 is 17.6 Å². The third kappa shape index (κ3) is 2.28. The molecule has 0 heterocycles. The van der Waals surface area contributed by atoms with Gasteiger partial charge >= 0.3 is 0 Å². The number of hydrogen-bond donors (Lipinski definition) is 0. The van der Waals surface area contributed by atoms with E-state index >= 15 is 0 Å². The van der Waals surface area contributed by atoms with Crippen LogP contribution in [0.25, 0.3) is 0 Å². The minimum absolute atomic E-state index is 0.297. The molecule has 0 amide bonds.